The van der Waals surface area contributed by atoms with E-state index in [-0.39, 0.29) is 5.75 Å². The number of hydrogen-bond acceptors (Lipinski definition) is 2. The summed E-state index contributed by atoms with van der Waals surface area (Å²) in [5.41, 5.74) is 1.28. The van der Waals surface area contributed by atoms with Crippen molar-refractivity contribution in [3.8, 4) is 0 Å². The molecule has 0 atom stereocenters. The average molecular weight is 310 g/mol. The summed E-state index contributed by atoms with van der Waals surface area (Å²) in [6, 6.07) is 16.1. The highest BCUT2D eigenvalue weighted by molar-refractivity contribution is 7.92. The molecule has 0 aliphatic heterocycles. The lowest BCUT2D eigenvalue weighted by molar-refractivity contribution is 0.591. The van der Waals surface area contributed by atoms with Gasteiger partial charge in [0.2, 0.25) is 10.0 Å². The second-order valence-corrected chi connectivity index (χ2v) is 6.65. The molecule has 0 aliphatic carbocycles. The lowest BCUT2D eigenvalue weighted by Gasteiger charge is -2.23. The van der Waals surface area contributed by atoms with Gasteiger partial charge >= 0.3 is 0 Å². The van der Waals surface area contributed by atoms with Crippen molar-refractivity contribution in [2.24, 2.45) is 0 Å². The summed E-state index contributed by atoms with van der Waals surface area (Å²) in [7, 11) is -3.45. The van der Waals surface area contributed by atoms with Crippen molar-refractivity contribution in [2.45, 2.75) is 12.7 Å². The zero-order chi connectivity index (χ0) is 14.6. The highest BCUT2D eigenvalue weighted by Crippen LogP contribution is 2.23. The molecule has 0 heterocycles. The molecule has 0 amide bonds. The molecule has 0 radical (unpaired) electrons. The third-order valence-electron chi connectivity index (χ3n) is 2.96. The molecular weight excluding hydrogens is 294 g/mol. The topological polar surface area (TPSA) is 37.4 Å². The van der Waals surface area contributed by atoms with E-state index in [1.54, 1.807) is 36.4 Å². The monoisotopic (exact) mass is 309 g/mol. The van der Waals surface area contributed by atoms with Crippen LogP contribution in [0.1, 0.15) is 12.5 Å². The molecule has 5 heteroatoms. The Morgan fingerprint density at radius 2 is 1.60 bits per heavy atom. The average Bonchev–Trinajstić information content (AvgIpc) is 2.43. The van der Waals surface area contributed by atoms with E-state index >= 15 is 0 Å². The van der Waals surface area contributed by atoms with E-state index in [4.69, 9.17) is 11.6 Å². The van der Waals surface area contributed by atoms with Gasteiger partial charge < -0.3 is 0 Å². The quantitative estimate of drug-likeness (QED) is 0.844. The van der Waals surface area contributed by atoms with Gasteiger partial charge in [-0.1, -0.05) is 48.0 Å². The van der Waals surface area contributed by atoms with Gasteiger partial charge in [-0.25, -0.2) is 8.42 Å². The number of sulfonamides is 1. The van der Waals surface area contributed by atoms with Gasteiger partial charge in [0.15, 0.2) is 0 Å². The molecule has 0 aromatic heterocycles. The van der Waals surface area contributed by atoms with Gasteiger partial charge in [-0.2, -0.15) is 0 Å². The summed E-state index contributed by atoms with van der Waals surface area (Å²) in [4.78, 5) is 0. The molecule has 2 rings (SSSR count). The molecular formula is C15H16ClNO2S. The lowest BCUT2D eigenvalue weighted by atomic mass is 10.2. The third-order valence-corrected chi connectivity index (χ3v) is 5.15. The normalized spacial score (nSPS) is 11.3. The molecule has 2 aromatic carbocycles. The fraction of sp³-hybridized carbons (Fsp3) is 0.200. The largest absolute Gasteiger partial charge is 0.270 e. The Balaban J connectivity index is 2.32. The van der Waals surface area contributed by atoms with Crippen LogP contribution in [0.25, 0.3) is 0 Å². The van der Waals surface area contributed by atoms with Gasteiger partial charge in [-0.3, -0.25) is 4.31 Å². The van der Waals surface area contributed by atoms with Crippen LogP contribution in [0, 0.1) is 0 Å². The molecule has 0 saturated carbocycles. The smallest absolute Gasteiger partial charge is 0.239 e. The lowest BCUT2D eigenvalue weighted by Crippen LogP contribution is -2.31. The molecule has 0 aliphatic rings. The summed E-state index contributed by atoms with van der Waals surface area (Å²) < 4.78 is 26.5. The van der Waals surface area contributed by atoms with Crippen LogP contribution in [0.4, 0.5) is 5.69 Å². The van der Waals surface area contributed by atoms with Crippen LogP contribution in [0.15, 0.2) is 54.6 Å². The first-order valence-electron chi connectivity index (χ1n) is 6.33. The molecule has 2 aromatic rings. The summed E-state index contributed by atoms with van der Waals surface area (Å²) in [6.45, 7) is 2.20. The fourth-order valence-electron chi connectivity index (χ4n) is 2.02. The predicted octanol–water partition coefficient (Wildman–Crippen LogP) is 3.70. The maximum Gasteiger partial charge on any atom is 0.239 e. The molecule has 0 N–H and O–H groups in total. The van der Waals surface area contributed by atoms with Crippen molar-refractivity contribution in [1.82, 2.24) is 0 Å². The van der Waals surface area contributed by atoms with E-state index in [9.17, 15) is 8.42 Å². The molecule has 3 nitrogen and oxygen atoms in total. The second-order valence-electron chi connectivity index (χ2n) is 4.35. The van der Waals surface area contributed by atoms with Crippen molar-refractivity contribution in [3.63, 3.8) is 0 Å². The van der Waals surface area contributed by atoms with Crippen LogP contribution < -0.4 is 4.31 Å². The summed E-state index contributed by atoms with van der Waals surface area (Å²) >= 11 is 6.04. The fourth-order valence-corrected chi connectivity index (χ4v) is 3.94. The zero-order valence-electron chi connectivity index (χ0n) is 11.2. The van der Waals surface area contributed by atoms with Crippen LogP contribution in [-0.4, -0.2) is 15.0 Å². The van der Waals surface area contributed by atoms with Crippen molar-refractivity contribution < 1.29 is 8.42 Å². The number of rotatable bonds is 5. The van der Waals surface area contributed by atoms with Crippen molar-refractivity contribution in [1.29, 1.82) is 0 Å². The highest BCUT2D eigenvalue weighted by atomic mass is 35.5. The van der Waals surface area contributed by atoms with E-state index in [0.29, 0.717) is 22.8 Å². The van der Waals surface area contributed by atoms with Crippen molar-refractivity contribution >= 4 is 27.3 Å². The van der Waals surface area contributed by atoms with Crippen molar-refractivity contribution in [3.05, 3.63) is 65.2 Å². The van der Waals surface area contributed by atoms with Gasteiger partial charge in [0.1, 0.15) is 0 Å². The Morgan fingerprint density at radius 3 is 2.20 bits per heavy atom. The Labute approximate surface area is 124 Å². The summed E-state index contributed by atoms with van der Waals surface area (Å²) in [5.74, 6) is -0.102. The van der Waals surface area contributed by atoms with E-state index in [1.807, 2.05) is 25.1 Å². The van der Waals surface area contributed by atoms with Crippen LogP contribution >= 0.6 is 11.6 Å². The summed E-state index contributed by atoms with van der Waals surface area (Å²) in [5, 5.41) is 0.472. The number of anilines is 1. The first kappa shape index (κ1) is 14.9. The second kappa shape index (κ2) is 6.29. The molecule has 0 fully saturated rings. The molecule has 106 valence electrons. The minimum Gasteiger partial charge on any atom is -0.270 e. The molecule has 20 heavy (non-hydrogen) atoms. The van der Waals surface area contributed by atoms with Gasteiger partial charge in [-0.05, 0) is 30.7 Å². The van der Waals surface area contributed by atoms with E-state index in [1.165, 1.54) is 4.31 Å². The third kappa shape index (κ3) is 3.32. The first-order valence-corrected chi connectivity index (χ1v) is 8.32. The molecule has 0 saturated heterocycles. The van der Waals surface area contributed by atoms with Gasteiger partial charge in [0.05, 0.1) is 11.4 Å². The van der Waals surface area contributed by atoms with Crippen LogP contribution in [0.5, 0.6) is 0 Å². The molecule has 0 bridgehead atoms. The number of hydrogen-bond donors (Lipinski definition) is 0. The number of halogens is 1. The number of para-hydroxylation sites is 1. The Kier molecular flexibility index (Phi) is 4.68. The van der Waals surface area contributed by atoms with Crippen LogP contribution in [0.2, 0.25) is 5.02 Å². The number of nitrogens with zero attached hydrogens (tertiary/aromatic N) is 1. The van der Waals surface area contributed by atoms with E-state index < -0.39 is 10.0 Å². The maximum atomic E-state index is 12.6. The zero-order valence-corrected chi connectivity index (χ0v) is 12.7. The highest BCUT2D eigenvalue weighted by Gasteiger charge is 2.22. The minimum absolute atomic E-state index is 0.102. The Hall–Kier alpha value is -1.52. The molecule has 0 spiro atoms. The summed E-state index contributed by atoms with van der Waals surface area (Å²) in [6.07, 6.45) is 0. The number of benzene rings is 2. The Morgan fingerprint density at radius 1 is 1.00 bits per heavy atom. The van der Waals surface area contributed by atoms with E-state index in [0.717, 1.165) is 0 Å². The van der Waals surface area contributed by atoms with Crippen molar-refractivity contribution in [2.75, 3.05) is 10.8 Å². The van der Waals surface area contributed by atoms with Gasteiger partial charge in [0.25, 0.3) is 0 Å². The van der Waals surface area contributed by atoms with E-state index in [2.05, 4.69) is 0 Å². The SMILES string of the molecule is CCN(c1ccccc1)S(=O)(=O)Cc1ccccc1Cl. The van der Waals surface area contributed by atoms with Crippen LogP contribution in [-0.2, 0) is 15.8 Å². The standard InChI is InChI=1S/C15H16ClNO2S/c1-2-17(14-9-4-3-5-10-14)20(18,19)12-13-8-6-7-11-15(13)16/h3-11H,2,12H2,1H3. The minimum atomic E-state index is -3.45. The maximum absolute atomic E-state index is 12.6. The first-order chi connectivity index (χ1) is 9.54. The van der Waals surface area contributed by atoms with Gasteiger partial charge in [-0.15, -0.1) is 0 Å². The Bertz CT molecular complexity index is 671. The van der Waals surface area contributed by atoms with Crippen LogP contribution in [0.3, 0.4) is 0 Å². The predicted molar refractivity (Wildman–Crippen MR) is 83.5 cm³/mol. The molecule has 0 unspecified atom stereocenters. The van der Waals surface area contributed by atoms with Gasteiger partial charge in [0, 0.05) is 11.6 Å².